The van der Waals surface area contributed by atoms with E-state index < -0.39 is 66.9 Å². The Morgan fingerprint density at radius 2 is 1.43 bits per heavy atom. The van der Waals surface area contributed by atoms with Crippen LogP contribution >= 0.6 is 0 Å². The first kappa shape index (κ1) is 38.1. The van der Waals surface area contributed by atoms with Gasteiger partial charge in [0, 0.05) is 24.7 Å². The van der Waals surface area contributed by atoms with Crippen LogP contribution in [0.3, 0.4) is 0 Å². The summed E-state index contributed by atoms with van der Waals surface area (Å²) in [7, 11) is 0. The van der Waals surface area contributed by atoms with Crippen molar-refractivity contribution >= 4 is 35.4 Å². The van der Waals surface area contributed by atoms with E-state index in [0.717, 1.165) is 6.42 Å². The maximum atomic E-state index is 13.3. The van der Waals surface area contributed by atoms with Crippen molar-refractivity contribution in [3.05, 3.63) is 11.9 Å². The third kappa shape index (κ3) is 14.5. The zero-order valence-electron chi connectivity index (χ0n) is 25.6. The fourth-order valence-corrected chi connectivity index (χ4v) is 4.13. The number of nitrogens with two attached hydrogens (primary N) is 3. The highest BCUT2D eigenvalue weighted by atomic mass is 16.3. The summed E-state index contributed by atoms with van der Waals surface area (Å²) in [6.45, 7) is 3.62. The van der Waals surface area contributed by atoms with E-state index in [1.165, 1.54) is 0 Å². The Bertz CT molecular complexity index is 1010. The maximum Gasteiger partial charge on any atom is 0.243 e. The maximum absolute atomic E-state index is 13.3. The second-order valence-corrected chi connectivity index (χ2v) is 10.7. The zero-order valence-corrected chi connectivity index (χ0v) is 25.6. The average molecular weight is 627 g/mol. The molecule has 0 aliphatic carbocycles. The highest BCUT2D eigenvalue weighted by Crippen LogP contribution is 2.08. The summed E-state index contributed by atoms with van der Waals surface area (Å²) in [4.78, 5) is 75.7. The van der Waals surface area contributed by atoms with E-state index >= 15 is 0 Å². The molecule has 0 radical (unpaired) electrons. The Morgan fingerprint density at radius 3 is 1.95 bits per heavy atom. The Morgan fingerprint density at radius 1 is 0.864 bits per heavy atom. The summed E-state index contributed by atoms with van der Waals surface area (Å²) >= 11 is 0. The number of primary amides is 1. The van der Waals surface area contributed by atoms with Gasteiger partial charge in [-0.3, -0.25) is 28.8 Å². The lowest BCUT2D eigenvalue weighted by atomic mass is 10.0. The SMILES string of the molecule is CC[C@H](C)CC(=O)N[C@@H](CCCN)C(=O)NCC(=O)N[C@@H](CCCN)C(=O)N[C@H](CC1=CNCN1)C(=O)N[C@@H](CO)C(N)=O. The average Bonchev–Trinajstić information content (AvgIpc) is 3.51. The van der Waals surface area contributed by atoms with E-state index in [1.54, 1.807) is 6.20 Å². The van der Waals surface area contributed by atoms with Crippen molar-refractivity contribution in [3.63, 3.8) is 0 Å². The molecule has 44 heavy (non-hydrogen) atoms. The van der Waals surface area contributed by atoms with E-state index in [9.17, 15) is 33.9 Å². The number of hydrogen-bond acceptors (Lipinski definition) is 11. The predicted molar refractivity (Wildman–Crippen MR) is 161 cm³/mol. The third-order valence-electron chi connectivity index (χ3n) is 6.94. The topological polar surface area (TPSA) is 285 Å². The van der Waals surface area contributed by atoms with Crippen LogP contribution in [0.4, 0.5) is 0 Å². The first-order chi connectivity index (χ1) is 20.9. The molecule has 250 valence electrons. The Balaban J connectivity index is 2.91. The van der Waals surface area contributed by atoms with Crippen molar-refractivity contribution in [1.82, 2.24) is 37.2 Å². The summed E-state index contributed by atoms with van der Waals surface area (Å²) in [6, 6.07) is -4.56. The van der Waals surface area contributed by atoms with Gasteiger partial charge in [-0.15, -0.1) is 0 Å². The van der Waals surface area contributed by atoms with Gasteiger partial charge in [0.25, 0.3) is 0 Å². The minimum atomic E-state index is -1.37. The van der Waals surface area contributed by atoms with Gasteiger partial charge in [-0.2, -0.15) is 0 Å². The highest BCUT2D eigenvalue weighted by Gasteiger charge is 2.30. The van der Waals surface area contributed by atoms with Crippen LogP contribution in [0.15, 0.2) is 11.9 Å². The number of carbonyl (C=O) groups is 6. The van der Waals surface area contributed by atoms with Crippen LogP contribution in [0.5, 0.6) is 0 Å². The number of nitrogens with one attached hydrogen (secondary N) is 7. The fourth-order valence-electron chi connectivity index (χ4n) is 4.13. The standard InChI is InChI=1S/C27H50N10O7/c1-3-16(2)10-22(39)34-18(6-4-8-28)25(42)32-13-23(40)35-19(7-5-9-29)26(43)36-20(11-17-12-31-15-33-17)27(44)37-21(14-38)24(30)41/h12,16,18-21,31,33,38H,3-11,13-15,28-29H2,1-2H3,(H2,30,41)(H,32,42)(H,34,39)(H,35,40)(H,36,43)(H,37,44)/t16-,18-,19-,20+,21-/m0/s1. The monoisotopic (exact) mass is 626 g/mol. The van der Waals surface area contributed by atoms with Crippen molar-refractivity contribution in [2.24, 2.45) is 23.1 Å². The Hall–Kier alpha value is -3.96. The summed E-state index contributed by atoms with van der Waals surface area (Å²) in [5.74, 6) is -3.82. The Labute approximate surface area is 257 Å². The number of rotatable bonds is 22. The van der Waals surface area contributed by atoms with Crippen molar-refractivity contribution in [1.29, 1.82) is 0 Å². The molecule has 14 N–H and O–H groups in total. The molecule has 0 aromatic rings. The minimum Gasteiger partial charge on any atom is -0.394 e. The van der Waals surface area contributed by atoms with E-state index in [0.29, 0.717) is 31.8 Å². The number of aliphatic hydroxyl groups is 1. The van der Waals surface area contributed by atoms with E-state index in [-0.39, 0.29) is 44.1 Å². The summed E-state index contributed by atoms with van der Waals surface area (Å²) in [5.41, 5.74) is 17.0. The molecule has 0 aromatic carbocycles. The van der Waals surface area contributed by atoms with Crippen LogP contribution in [-0.4, -0.2) is 97.6 Å². The first-order valence-corrected chi connectivity index (χ1v) is 14.9. The van der Waals surface area contributed by atoms with E-state index in [4.69, 9.17) is 17.2 Å². The Kier molecular flexibility index (Phi) is 18.0. The predicted octanol–water partition coefficient (Wildman–Crippen LogP) is -4.18. The quantitative estimate of drug-likeness (QED) is 0.0548. The molecular weight excluding hydrogens is 576 g/mol. The fraction of sp³-hybridized carbons (Fsp3) is 0.704. The molecule has 0 unspecified atom stereocenters. The molecule has 1 heterocycles. The van der Waals surface area contributed by atoms with Crippen LogP contribution in [-0.2, 0) is 28.8 Å². The lowest BCUT2D eigenvalue weighted by Gasteiger charge is -2.25. The van der Waals surface area contributed by atoms with Crippen molar-refractivity contribution in [2.75, 3.05) is 32.9 Å². The van der Waals surface area contributed by atoms with Crippen LogP contribution < -0.4 is 54.4 Å². The summed E-state index contributed by atoms with van der Waals surface area (Å²) in [5, 5.41) is 27.9. The van der Waals surface area contributed by atoms with Crippen molar-refractivity contribution < 1.29 is 33.9 Å². The second kappa shape index (κ2) is 20.9. The molecule has 0 aromatic heterocycles. The van der Waals surface area contributed by atoms with Gasteiger partial charge in [0.1, 0.15) is 24.2 Å². The first-order valence-electron chi connectivity index (χ1n) is 14.9. The highest BCUT2D eigenvalue weighted by molar-refractivity contribution is 5.95. The molecule has 1 rings (SSSR count). The number of aliphatic hydroxyl groups excluding tert-OH is 1. The van der Waals surface area contributed by atoms with Gasteiger partial charge in [-0.05, 0) is 44.7 Å². The number of amides is 6. The van der Waals surface area contributed by atoms with Gasteiger partial charge in [0.05, 0.1) is 19.8 Å². The molecule has 0 bridgehead atoms. The molecule has 1 aliphatic heterocycles. The number of hydrogen-bond donors (Lipinski definition) is 11. The van der Waals surface area contributed by atoms with Gasteiger partial charge < -0.3 is 59.5 Å². The largest absolute Gasteiger partial charge is 0.394 e. The summed E-state index contributed by atoms with van der Waals surface area (Å²) < 4.78 is 0. The smallest absolute Gasteiger partial charge is 0.243 e. The van der Waals surface area contributed by atoms with Crippen LogP contribution in [0.1, 0.15) is 58.8 Å². The molecule has 0 fully saturated rings. The number of carbonyl (C=O) groups excluding carboxylic acids is 6. The zero-order chi connectivity index (χ0) is 33.1. The van der Waals surface area contributed by atoms with E-state index in [1.807, 2.05) is 13.8 Å². The molecule has 5 atom stereocenters. The molecule has 0 spiro atoms. The summed E-state index contributed by atoms with van der Waals surface area (Å²) in [6.07, 6.45) is 3.93. The van der Waals surface area contributed by atoms with Gasteiger partial charge >= 0.3 is 0 Å². The van der Waals surface area contributed by atoms with Crippen molar-refractivity contribution in [2.45, 2.75) is 83.0 Å². The molecular formula is C27H50N10O7. The molecule has 0 saturated carbocycles. The van der Waals surface area contributed by atoms with Crippen molar-refractivity contribution in [3.8, 4) is 0 Å². The van der Waals surface area contributed by atoms with E-state index in [2.05, 4.69) is 37.2 Å². The molecule has 6 amide bonds. The minimum absolute atomic E-state index is 0.00202. The molecule has 17 heteroatoms. The van der Waals surface area contributed by atoms with Crippen LogP contribution in [0, 0.1) is 5.92 Å². The normalized spacial score (nSPS) is 15.6. The van der Waals surface area contributed by atoms with Gasteiger partial charge in [0.2, 0.25) is 35.4 Å². The third-order valence-corrected chi connectivity index (χ3v) is 6.94. The molecule has 17 nitrogen and oxygen atoms in total. The lowest BCUT2D eigenvalue weighted by molar-refractivity contribution is -0.134. The van der Waals surface area contributed by atoms with Crippen LogP contribution in [0.2, 0.25) is 0 Å². The molecule has 1 aliphatic rings. The van der Waals surface area contributed by atoms with Gasteiger partial charge in [0.15, 0.2) is 0 Å². The van der Waals surface area contributed by atoms with Gasteiger partial charge in [-0.1, -0.05) is 20.3 Å². The van der Waals surface area contributed by atoms with Gasteiger partial charge in [-0.25, -0.2) is 0 Å². The molecule has 0 saturated heterocycles. The lowest BCUT2D eigenvalue weighted by Crippen LogP contribution is -2.58. The van der Waals surface area contributed by atoms with Crippen LogP contribution in [0.25, 0.3) is 0 Å². The second-order valence-electron chi connectivity index (χ2n) is 10.7.